The fraction of sp³-hybridized carbons (Fsp3) is 0.455. The Bertz CT molecular complexity index is 422. The van der Waals surface area contributed by atoms with Gasteiger partial charge in [-0.2, -0.15) is 0 Å². The normalized spacial score (nSPS) is 10.6. The minimum absolute atomic E-state index is 0.0678. The first-order valence-corrected chi connectivity index (χ1v) is 5.15. The maximum atomic E-state index is 12.8. The number of rotatable bonds is 4. The number of nitrogens with two attached hydrogens (primary N) is 1. The van der Waals surface area contributed by atoms with Crippen LogP contribution in [0, 0.1) is 6.92 Å². The number of nitrogens with zero attached hydrogens (tertiary/aromatic N) is 1. The van der Waals surface area contributed by atoms with E-state index in [4.69, 9.17) is 10.5 Å². The van der Waals surface area contributed by atoms with Gasteiger partial charge >= 0.3 is 5.97 Å². The molecule has 0 saturated heterocycles. The van der Waals surface area contributed by atoms with Crippen molar-refractivity contribution in [3.05, 3.63) is 23.0 Å². The van der Waals surface area contributed by atoms with E-state index in [1.807, 2.05) is 0 Å². The third-order valence-corrected chi connectivity index (χ3v) is 2.30. The minimum atomic E-state index is -2.74. The number of nitrogen functional groups attached to an aromatic ring is 1. The summed E-state index contributed by atoms with van der Waals surface area (Å²) in [6.45, 7) is 3.39. The number of alkyl halides is 2. The molecule has 1 aromatic heterocycles. The quantitative estimate of drug-likeness (QED) is 0.823. The van der Waals surface area contributed by atoms with Crippen LogP contribution in [-0.4, -0.2) is 17.6 Å². The molecule has 0 spiro atoms. The molecule has 2 N–H and O–H groups in total. The van der Waals surface area contributed by atoms with Crippen LogP contribution < -0.4 is 5.73 Å². The van der Waals surface area contributed by atoms with Crippen molar-refractivity contribution < 1.29 is 18.3 Å². The summed E-state index contributed by atoms with van der Waals surface area (Å²) in [5.74, 6) is -0.570. The second-order valence-corrected chi connectivity index (χ2v) is 3.48. The maximum absolute atomic E-state index is 12.8. The molecule has 0 aliphatic carbocycles. The van der Waals surface area contributed by atoms with Crippen LogP contribution in [0.15, 0.2) is 6.20 Å². The lowest BCUT2D eigenvalue weighted by atomic mass is 10.0. The zero-order valence-corrected chi connectivity index (χ0v) is 9.67. The van der Waals surface area contributed by atoms with Crippen molar-refractivity contribution >= 4 is 11.7 Å². The standard InChI is InChI=1S/C11H14F2N2O2/c1-3-17-8(16)4-7-5-15-6(2)10(14)9(7)11(12)13/h5,11H,3-4,14H2,1-2H3. The van der Waals surface area contributed by atoms with Crippen molar-refractivity contribution in [3.63, 3.8) is 0 Å². The number of halogens is 2. The zero-order chi connectivity index (χ0) is 13.0. The van der Waals surface area contributed by atoms with Gasteiger partial charge in [0.1, 0.15) is 0 Å². The third-order valence-electron chi connectivity index (χ3n) is 2.30. The van der Waals surface area contributed by atoms with Gasteiger partial charge in [0, 0.05) is 11.8 Å². The van der Waals surface area contributed by atoms with Gasteiger partial charge < -0.3 is 10.5 Å². The molecule has 0 unspecified atom stereocenters. The van der Waals surface area contributed by atoms with Crippen molar-refractivity contribution in [2.75, 3.05) is 12.3 Å². The Morgan fingerprint density at radius 1 is 1.59 bits per heavy atom. The van der Waals surface area contributed by atoms with Crippen molar-refractivity contribution in [1.29, 1.82) is 0 Å². The number of hydrogen-bond acceptors (Lipinski definition) is 4. The van der Waals surface area contributed by atoms with Gasteiger partial charge in [-0.05, 0) is 19.4 Å². The molecule has 1 rings (SSSR count). The highest BCUT2D eigenvalue weighted by Crippen LogP contribution is 2.30. The third kappa shape index (κ3) is 3.12. The summed E-state index contributed by atoms with van der Waals surface area (Å²) in [6.07, 6.45) is -1.74. The van der Waals surface area contributed by atoms with Crippen molar-refractivity contribution in [1.82, 2.24) is 4.98 Å². The Labute approximate surface area is 97.8 Å². The summed E-state index contributed by atoms with van der Waals surface area (Å²) in [4.78, 5) is 15.1. The molecular formula is C11H14F2N2O2. The number of aryl methyl sites for hydroxylation is 1. The molecule has 0 aliphatic heterocycles. The average molecular weight is 244 g/mol. The Hall–Kier alpha value is -1.72. The second-order valence-electron chi connectivity index (χ2n) is 3.48. The van der Waals surface area contributed by atoms with Gasteiger partial charge in [-0.25, -0.2) is 8.78 Å². The lowest BCUT2D eigenvalue weighted by Gasteiger charge is -2.12. The topological polar surface area (TPSA) is 65.2 Å². The van der Waals surface area contributed by atoms with Gasteiger partial charge in [-0.15, -0.1) is 0 Å². The summed E-state index contributed by atoms with van der Waals surface area (Å²) in [6, 6.07) is 0. The summed E-state index contributed by atoms with van der Waals surface area (Å²) < 4.78 is 30.4. The van der Waals surface area contributed by atoms with E-state index in [0.717, 1.165) is 0 Å². The first kappa shape index (κ1) is 13.3. The highest BCUT2D eigenvalue weighted by molar-refractivity contribution is 5.74. The van der Waals surface area contributed by atoms with Gasteiger partial charge in [0.15, 0.2) is 0 Å². The molecule has 0 bridgehead atoms. The molecule has 0 atom stereocenters. The summed E-state index contributed by atoms with van der Waals surface area (Å²) in [7, 11) is 0. The fourth-order valence-corrected chi connectivity index (χ4v) is 1.45. The predicted molar refractivity (Wildman–Crippen MR) is 58.7 cm³/mol. The smallest absolute Gasteiger partial charge is 0.310 e. The lowest BCUT2D eigenvalue weighted by Crippen LogP contribution is -2.12. The summed E-state index contributed by atoms with van der Waals surface area (Å²) >= 11 is 0. The minimum Gasteiger partial charge on any atom is -0.466 e. The van der Waals surface area contributed by atoms with Crippen LogP contribution in [0.4, 0.5) is 14.5 Å². The van der Waals surface area contributed by atoms with Gasteiger partial charge in [0.2, 0.25) is 0 Å². The second kappa shape index (κ2) is 5.56. The Kier molecular flexibility index (Phi) is 4.37. The van der Waals surface area contributed by atoms with Crippen molar-refractivity contribution in [2.24, 2.45) is 0 Å². The van der Waals surface area contributed by atoms with E-state index in [2.05, 4.69) is 4.98 Å². The van der Waals surface area contributed by atoms with E-state index in [-0.39, 0.29) is 29.8 Å². The number of hydrogen-bond donors (Lipinski definition) is 1. The average Bonchev–Trinajstić information content (AvgIpc) is 2.23. The number of carbonyl (C=O) groups excluding carboxylic acids is 1. The Morgan fingerprint density at radius 2 is 2.24 bits per heavy atom. The van der Waals surface area contributed by atoms with Crippen LogP contribution in [0.25, 0.3) is 0 Å². The number of esters is 1. The molecule has 4 nitrogen and oxygen atoms in total. The van der Waals surface area contributed by atoms with Crippen molar-refractivity contribution in [3.8, 4) is 0 Å². The summed E-state index contributed by atoms with van der Waals surface area (Å²) in [5, 5.41) is 0. The molecule has 0 aromatic carbocycles. The largest absolute Gasteiger partial charge is 0.466 e. The zero-order valence-electron chi connectivity index (χ0n) is 9.67. The molecule has 6 heteroatoms. The van der Waals surface area contributed by atoms with E-state index in [1.54, 1.807) is 6.92 Å². The van der Waals surface area contributed by atoms with E-state index in [1.165, 1.54) is 13.1 Å². The highest BCUT2D eigenvalue weighted by atomic mass is 19.3. The van der Waals surface area contributed by atoms with Crippen LogP contribution in [0.1, 0.15) is 30.2 Å². The van der Waals surface area contributed by atoms with E-state index in [9.17, 15) is 13.6 Å². The van der Waals surface area contributed by atoms with Gasteiger partial charge in [0.25, 0.3) is 6.43 Å². The number of pyridine rings is 1. The molecule has 1 heterocycles. The van der Waals surface area contributed by atoms with Gasteiger partial charge in [0.05, 0.1) is 24.4 Å². The predicted octanol–water partition coefficient (Wildman–Crippen LogP) is 2.02. The SMILES string of the molecule is CCOC(=O)Cc1cnc(C)c(N)c1C(F)F. The molecular weight excluding hydrogens is 230 g/mol. The lowest BCUT2D eigenvalue weighted by molar-refractivity contribution is -0.142. The van der Waals surface area contributed by atoms with Crippen molar-refractivity contribution in [2.45, 2.75) is 26.7 Å². The summed E-state index contributed by atoms with van der Waals surface area (Å²) in [5.41, 5.74) is 5.58. The first-order chi connectivity index (χ1) is 7.97. The highest BCUT2D eigenvalue weighted by Gasteiger charge is 2.20. The number of anilines is 1. The Morgan fingerprint density at radius 3 is 2.76 bits per heavy atom. The molecule has 17 heavy (non-hydrogen) atoms. The Balaban J connectivity index is 3.07. The van der Waals surface area contributed by atoms with Gasteiger partial charge in [-0.3, -0.25) is 9.78 Å². The monoisotopic (exact) mass is 244 g/mol. The van der Waals surface area contributed by atoms with Crippen LogP contribution in [0.5, 0.6) is 0 Å². The van der Waals surface area contributed by atoms with Crippen LogP contribution >= 0.6 is 0 Å². The molecule has 1 aromatic rings. The number of ether oxygens (including phenoxy) is 1. The maximum Gasteiger partial charge on any atom is 0.310 e. The van der Waals surface area contributed by atoms with E-state index in [0.29, 0.717) is 5.69 Å². The van der Waals surface area contributed by atoms with Crippen LogP contribution in [0.2, 0.25) is 0 Å². The van der Waals surface area contributed by atoms with Gasteiger partial charge in [-0.1, -0.05) is 0 Å². The number of aromatic nitrogens is 1. The fourth-order valence-electron chi connectivity index (χ4n) is 1.45. The molecule has 94 valence electrons. The molecule has 0 radical (unpaired) electrons. The van der Waals surface area contributed by atoms with Crippen LogP contribution in [-0.2, 0) is 16.0 Å². The van der Waals surface area contributed by atoms with Crippen LogP contribution in [0.3, 0.4) is 0 Å². The molecule has 0 saturated carbocycles. The van der Waals surface area contributed by atoms with E-state index < -0.39 is 12.4 Å². The molecule has 0 aliphatic rings. The number of carbonyl (C=O) groups is 1. The first-order valence-electron chi connectivity index (χ1n) is 5.15. The molecule has 0 amide bonds. The molecule has 0 fully saturated rings. The van der Waals surface area contributed by atoms with E-state index >= 15 is 0 Å².